The zero-order chi connectivity index (χ0) is 13.8. The fourth-order valence-corrected chi connectivity index (χ4v) is 1.89. The number of ether oxygens (including phenoxy) is 1. The summed E-state index contributed by atoms with van der Waals surface area (Å²) in [6.45, 7) is 9.38. The van der Waals surface area contributed by atoms with Crippen molar-refractivity contribution in [1.29, 1.82) is 0 Å². The Bertz CT molecular complexity index is 322. The number of carbonyl (C=O) groups is 1. The van der Waals surface area contributed by atoms with Crippen LogP contribution >= 0.6 is 0 Å². The number of rotatable bonds is 4. The smallest absolute Gasteiger partial charge is 0.244 e. The minimum atomic E-state index is -0.388. The van der Waals surface area contributed by atoms with Crippen molar-refractivity contribution in [1.82, 2.24) is 5.32 Å². The van der Waals surface area contributed by atoms with E-state index in [1.54, 1.807) is 6.08 Å². The molecule has 1 aliphatic heterocycles. The highest BCUT2D eigenvalue weighted by molar-refractivity contribution is 5.89. The molecule has 1 fully saturated rings. The molecule has 1 heterocycles. The van der Waals surface area contributed by atoms with E-state index in [0.717, 1.165) is 12.0 Å². The van der Waals surface area contributed by atoms with Crippen LogP contribution in [0.3, 0.4) is 0 Å². The van der Waals surface area contributed by atoms with Crippen LogP contribution in [-0.4, -0.2) is 36.4 Å². The van der Waals surface area contributed by atoms with Gasteiger partial charge in [-0.3, -0.25) is 4.79 Å². The van der Waals surface area contributed by atoms with Crippen LogP contribution in [0.4, 0.5) is 0 Å². The maximum absolute atomic E-state index is 12.0. The SMILES string of the molecule is C/C(=C/C(=O)N[C@]1(CCO)CCOC1)C(C)(C)C. The summed E-state index contributed by atoms with van der Waals surface area (Å²) in [5.74, 6) is -0.0959. The number of amides is 1. The average molecular weight is 255 g/mol. The quantitative estimate of drug-likeness (QED) is 0.751. The molecule has 1 rings (SSSR count). The van der Waals surface area contributed by atoms with E-state index in [-0.39, 0.29) is 23.5 Å². The Labute approximate surface area is 109 Å². The van der Waals surface area contributed by atoms with Crippen LogP contribution in [-0.2, 0) is 9.53 Å². The Morgan fingerprint density at radius 2 is 2.17 bits per heavy atom. The Kier molecular flexibility index (Phi) is 4.93. The lowest BCUT2D eigenvalue weighted by Gasteiger charge is -2.28. The molecule has 1 amide bonds. The first-order valence-corrected chi connectivity index (χ1v) is 6.49. The molecule has 0 spiro atoms. The summed E-state index contributed by atoms with van der Waals surface area (Å²) in [5, 5.41) is 12.1. The summed E-state index contributed by atoms with van der Waals surface area (Å²) in [4.78, 5) is 12.0. The monoisotopic (exact) mass is 255 g/mol. The van der Waals surface area contributed by atoms with Gasteiger partial charge in [-0.05, 0) is 25.2 Å². The maximum Gasteiger partial charge on any atom is 0.244 e. The minimum absolute atomic E-state index is 0.00629. The standard InChI is InChI=1S/C14H25NO3/c1-11(13(2,3)4)9-12(17)15-14(5-7-16)6-8-18-10-14/h9,16H,5-8,10H2,1-4H3,(H,15,17)/b11-9-/t14-/m1/s1. The number of hydrogen-bond acceptors (Lipinski definition) is 3. The van der Waals surface area contributed by atoms with Crippen LogP contribution in [0, 0.1) is 5.41 Å². The molecule has 0 saturated carbocycles. The maximum atomic E-state index is 12.0. The molecule has 2 N–H and O–H groups in total. The zero-order valence-corrected chi connectivity index (χ0v) is 11.9. The first-order chi connectivity index (χ1) is 8.29. The van der Waals surface area contributed by atoms with Crippen LogP contribution in [0.1, 0.15) is 40.5 Å². The molecule has 1 atom stereocenters. The number of aliphatic hydroxyl groups is 1. The molecule has 0 aliphatic carbocycles. The van der Waals surface area contributed by atoms with E-state index in [9.17, 15) is 4.79 Å². The first kappa shape index (κ1) is 15.2. The molecule has 0 aromatic carbocycles. The number of aliphatic hydroxyl groups excluding tert-OH is 1. The van der Waals surface area contributed by atoms with E-state index in [1.807, 2.05) is 6.92 Å². The van der Waals surface area contributed by atoms with Crippen LogP contribution < -0.4 is 5.32 Å². The molecule has 0 aromatic heterocycles. The third-order valence-corrected chi connectivity index (χ3v) is 3.61. The third kappa shape index (κ3) is 4.10. The van der Waals surface area contributed by atoms with Gasteiger partial charge in [-0.15, -0.1) is 0 Å². The second-order valence-electron chi connectivity index (χ2n) is 6.12. The molecule has 0 aromatic rings. The molecular formula is C14H25NO3. The average Bonchev–Trinajstić information content (AvgIpc) is 2.65. The minimum Gasteiger partial charge on any atom is -0.396 e. The highest BCUT2D eigenvalue weighted by Gasteiger charge is 2.35. The Morgan fingerprint density at radius 3 is 2.61 bits per heavy atom. The summed E-state index contributed by atoms with van der Waals surface area (Å²) in [7, 11) is 0. The lowest BCUT2D eigenvalue weighted by atomic mass is 9.87. The predicted octanol–water partition coefficient (Wildman–Crippen LogP) is 1.64. The van der Waals surface area contributed by atoms with E-state index >= 15 is 0 Å². The van der Waals surface area contributed by atoms with Crippen molar-refractivity contribution >= 4 is 5.91 Å². The van der Waals surface area contributed by atoms with Crippen molar-refractivity contribution in [3.05, 3.63) is 11.6 Å². The van der Waals surface area contributed by atoms with Gasteiger partial charge in [-0.1, -0.05) is 26.3 Å². The van der Waals surface area contributed by atoms with E-state index in [2.05, 4.69) is 26.1 Å². The fraction of sp³-hybridized carbons (Fsp3) is 0.786. The van der Waals surface area contributed by atoms with Gasteiger partial charge in [0.25, 0.3) is 0 Å². The van der Waals surface area contributed by atoms with Crippen molar-refractivity contribution in [3.63, 3.8) is 0 Å². The summed E-state index contributed by atoms with van der Waals surface area (Å²) < 4.78 is 5.34. The van der Waals surface area contributed by atoms with Crippen molar-refractivity contribution in [2.45, 2.75) is 46.1 Å². The van der Waals surface area contributed by atoms with E-state index < -0.39 is 0 Å². The van der Waals surface area contributed by atoms with Crippen LogP contribution in [0.5, 0.6) is 0 Å². The molecular weight excluding hydrogens is 230 g/mol. The molecule has 0 radical (unpaired) electrons. The predicted molar refractivity (Wildman–Crippen MR) is 71.2 cm³/mol. The van der Waals surface area contributed by atoms with Gasteiger partial charge in [0, 0.05) is 19.3 Å². The summed E-state index contributed by atoms with van der Waals surface area (Å²) >= 11 is 0. The fourth-order valence-electron chi connectivity index (χ4n) is 1.89. The van der Waals surface area contributed by atoms with Gasteiger partial charge in [-0.2, -0.15) is 0 Å². The first-order valence-electron chi connectivity index (χ1n) is 6.49. The van der Waals surface area contributed by atoms with Crippen molar-refractivity contribution in [2.75, 3.05) is 19.8 Å². The van der Waals surface area contributed by atoms with Crippen LogP contribution in [0.15, 0.2) is 11.6 Å². The van der Waals surface area contributed by atoms with Gasteiger partial charge in [0.15, 0.2) is 0 Å². The largest absolute Gasteiger partial charge is 0.396 e. The summed E-state index contributed by atoms with van der Waals surface area (Å²) in [6, 6.07) is 0. The summed E-state index contributed by atoms with van der Waals surface area (Å²) in [5.41, 5.74) is 0.645. The number of carbonyl (C=O) groups excluding carboxylic acids is 1. The highest BCUT2D eigenvalue weighted by atomic mass is 16.5. The van der Waals surface area contributed by atoms with Gasteiger partial charge < -0.3 is 15.2 Å². The number of hydrogen-bond donors (Lipinski definition) is 2. The molecule has 4 nitrogen and oxygen atoms in total. The highest BCUT2D eigenvalue weighted by Crippen LogP contribution is 2.25. The molecule has 104 valence electrons. The molecule has 4 heteroatoms. The van der Waals surface area contributed by atoms with Gasteiger partial charge in [0.05, 0.1) is 12.1 Å². The lowest BCUT2D eigenvalue weighted by Crippen LogP contribution is -2.49. The van der Waals surface area contributed by atoms with Crippen LogP contribution in [0.25, 0.3) is 0 Å². The Balaban J connectivity index is 2.68. The third-order valence-electron chi connectivity index (χ3n) is 3.61. The summed E-state index contributed by atoms with van der Waals surface area (Å²) in [6.07, 6.45) is 2.96. The van der Waals surface area contributed by atoms with Crippen molar-refractivity contribution in [3.8, 4) is 0 Å². The van der Waals surface area contributed by atoms with Crippen molar-refractivity contribution in [2.24, 2.45) is 5.41 Å². The topological polar surface area (TPSA) is 58.6 Å². The zero-order valence-electron chi connectivity index (χ0n) is 11.9. The van der Waals surface area contributed by atoms with Gasteiger partial charge >= 0.3 is 0 Å². The van der Waals surface area contributed by atoms with E-state index in [1.165, 1.54) is 0 Å². The van der Waals surface area contributed by atoms with Gasteiger partial charge in [-0.25, -0.2) is 0 Å². The van der Waals surface area contributed by atoms with Gasteiger partial charge in [0.2, 0.25) is 5.91 Å². The second-order valence-corrected chi connectivity index (χ2v) is 6.12. The second kappa shape index (κ2) is 5.85. The molecule has 1 saturated heterocycles. The normalized spacial score (nSPS) is 25.3. The molecule has 0 unspecified atom stereocenters. The molecule has 1 aliphatic rings. The Morgan fingerprint density at radius 1 is 1.50 bits per heavy atom. The molecule has 0 bridgehead atoms. The van der Waals surface area contributed by atoms with Gasteiger partial charge in [0.1, 0.15) is 0 Å². The Hall–Kier alpha value is -0.870. The van der Waals surface area contributed by atoms with E-state index in [4.69, 9.17) is 9.84 Å². The number of nitrogens with one attached hydrogen (secondary N) is 1. The van der Waals surface area contributed by atoms with Crippen molar-refractivity contribution < 1.29 is 14.6 Å². The van der Waals surface area contributed by atoms with Crippen LogP contribution in [0.2, 0.25) is 0 Å². The molecule has 18 heavy (non-hydrogen) atoms. The number of allylic oxidation sites excluding steroid dienone is 1. The van der Waals surface area contributed by atoms with E-state index in [0.29, 0.717) is 19.6 Å². The lowest BCUT2D eigenvalue weighted by molar-refractivity contribution is -0.118.